The molecule has 0 atom stereocenters. The van der Waals surface area contributed by atoms with Gasteiger partial charge in [-0.3, -0.25) is 0 Å². The molecule has 0 aliphatic rings. The van der Waals surface area contributed by atoms with E-state index >= 15 is 0 Å². The second-order valence-electron chi connectivity index (χ2n) is 3.76. The van der Waals surface area contributed by atoms with Crippen LogP contribution in [-0.2, 0) is 0 Å². The standard InChI is InChI=1S/C16H16/c1-2-3-4-5-9-14-11-8-12-15-10-6-7-13-16(14)15/h3-13H,2H2,1H3/b4-3?,9-5+. The van der Waals surface area contributed by atoms with Crippen LogP contribution in [0.15, 0.2) is 60.7 Å². The Balaban J connectivity index is 2.37. The maximum atomic E-state index is 2.17. The summed E-state index contributed by atoms with van der Waals surface area (Å²) in [6.07, 6.45) is 9.60. The quantitative estimate of drug-likeness (QED) is 0.634. The van der Waals surface area contributed by atoms with E-state index < -0.39 is 0 Å². The van der Waals surface area contributed by atoms with Gasteiger partial charge in [0.15, 0.2) is 0 Å². The molecule has 80 valence electrons. The Kier molecular flexibility index (Phi) is 3.55. The molecule has 0 radical (unpaired) electrons. The van der Waals surface area contributed by atoms with Crippen molar-refractivity contribution in [3.63, 3.8) is 0 Å². The minimum Gasteiger partial charge on any atom is -0.0848 e. The number of hydrogen-bond acceptors (Lipinski definition) is 0. The predicted octanol–water partition coefficient (Wildman–Crippen LogP) is 4.82. The first-order valence-electron chi connectivity index (χ1n) is 5.73. The molecule has 0 aromatic heterocycles. The van der Waals surface area contributed by atoms with Crippen LogP contribution >= 0.6 is 0 Å². The molecule has 2 aromatic rings. The van der Waals surface area contributed by atoms with Crippen molar-refractivity contribution in [2.24, 2.45) is 0 Å². The van der Waals surface area contributed by atoms with Gasteiger partial charge in [-0.2, -0.15) is 0 Å². The topological polar surface area (TPSA) is 0 Å². The molecule has 0 aliphatic heterocycles. The molecule has 0 spiro atoms. The summed E-state index contributed by atoms with van der Waals surface area (Å²) in [6.45, 7) is 2.14. The van der Waals surface area contributed by atoms with E-state index in [1.807, 2.05) is 0 Å². The highest BCUT2D eigenvalue weighted by atomic mass is 14.0. The van der Waals surface area contributed by atoms with Crippen LogP contribution in [0.5, 0.6) is 0 Å². The molecular weight excluding hydrogens is 192 g/mol. The van der Waals surface area contributed by atoms with Crippen LogP contribution in [0.25, 0.3) is 16.8 Å². The summed E-state index contributed by atoms with van der Waals surface area (Å²) in [4.78, 5) is 0. The van der Waals surface area contributed by atoms with Gasteiger partial charge < -0.3 is 0 Å². The molecule has 0 aliphatic carbocycles. The van der Waals surface area contributed by atoms with E-state index in [1.165, 1.54) is 16.3 Å². The first kappa shape index (κ1) is 10.7. The predicted molar refractivity (Wildman–Crippen MR) is 72.4 cm³/mol. The zero-order chi connectivity index (χ0) is 11.2. The average molecular weight is 208 g/mol. The van der Waals surface area contributed by atoms with E-state index in [-0.39, 0.29) is 0 Å². The van der Waals surface area contributed by atoms with Crippen LogP contribution in [0, 0.1) is 0 Å². The van der Waals surface area contributed by atoms with Crippen molar-refractivity contribution < 1.29 is 0 Å². The Bertz CT molecular complexity index is 513. The Labute approximate surface area is 96.9 Å². The second kappa shape index (κ2) is 5.32. The highest BCUT2D eigenvalue weighted by Gasteiger charge is 1.94. The van der Waals surface area contributed by atoms with Gasteiger partial charge in [0.05, 0.1) is 0 Å². The van der Waals surface area contributed by atoms with E-state index in [9.17, 15) is 0 Å². The Morgan fingerprint density at radius 2 is 1.75 bits per heavy atom. The van der Waals surface area contributed by atoms with Crippen LogP contribution < -0.4 is 0 Å². The van der Waals surface area contributed by atoms with E-state index in [0.29, 0.717) is 0 Å². The summed E-state index contributed by atoms with van der Waals surface area (Å²) in [5.74, 6) is 0. The molecule has 0 saturated carbocycles. The van der Waals surface area contributed by atoms with Gasteiger partial charge in [-0.1, -0.05) is 73.7 Å². The molecule has 0 fully saturated rings. The third-order valence-electron chi connectivity index (χ3n) is 2.58. The summed E-state index contributed by atoms with van der Waals surface area (Å²) in [7, 11) is 0. The zero-order valence-electron chi connectivity index (χ0n) is 9.56. The van der Waals surface area contributed by atoms with Crippen LogP contribution in [-0.4, -0.2) is 0 Å². The molecule has 0 nitrogen and oxygen atoms in total. The molecule has 0 N–H and O–H groups in total. The van der Waals surface area contributed by atoms with Crippen LogP contribution in [0.3, 0.4) is 0 Å². The third kappa shape index (κ3) is 2.40. The molecule has 0 bridgehead atoms. The summed E-state index contributed by atoms with van der Waals surface area (Å²) in [5.41, 5.74) is 1.28. The summed E-state index contributed by atoms with van der Waals surface area (Å²) >= 11 is 0. The normalized spacial score (nSPS) is 11.8. The van der Waals surface area contributed by atoms with Crippen molar-refractivity contribution in [1.82, 2.24) is 0 Å². The SMILES string of the molecule is CCC=C/C=C/c1cccc2ccccc12. The van der Waals surface area contributed by atoms with Crippen molar-refractivity contribution in [3.05, 3.63) is 66.3 Å². The highest BCUT2D eigenvalue weighted by Crippen LogP contribution is 2.19. The minimum atomic E-state index is 1.08. The van der Waals surface area contributed by atoms with Gasteiger partial charge in [0.1, 0.15) is 0 Å². The number of hydrogen-bond donors (Lipinski definition) is 0. The first-order chi connectivity index (χ1) is 7.92. The fourth-order valence-corrected chi connectivity index (χ4v) is 1.77. The summed E-state index contributed by atoms with van der Waals surface area (Å²) in [5, 5.41) is 2.61. The number of benzene rings is 2. The molecule has 0 unspecified atom stereocenters. The largest absolute Gasteiger partial charge is 0.0848 e. The Morgan fingerprint density at radius 3 is 2.62 bits per heavy atom. The van der Waals surface area contributed by atoms with Crippen LogP contribution in [0.2, 0.25) is 0 Å². The van der Waals surface area contributed by atoms with E-state index in [2.05, 4.69) is 73.7 Å². The first-order valence-corrected chi connectivity index (χ1v) is 5.73. The van der Waals surface area contributed by atoms with Gasteiger partial charge in [0.2, 0.25) is 0 Å². The van der Waals surface area contributed by atoms with Gasteiger partial charge in [-0.25, -0.2) is 0 Å². The van der Waals surface area contributed by atoms with Crippen LogP contribution in [0.1, 0.15) is 18.9 Å². The van der Waals surface area contributed by atoms with Gasteiger partial charge in [0.25, 0.3) is 0 Å². The molecule has 0 heteroatoms. The lowest BCUT2D eigenvalue weighted by molar-refractivity contribution is 1.22. The fourth-order valence-electron chi connectivity index (χ4n) is 1.77. The van der Waals surface area contributed by atoms with Gasteiger partial charge in [0, 0.05) is 0 Å². The smallest absolute Gasteiger partial charge is 0.0111 e. The molecule has 2 aromatic carbocycles. The maximum absolute atomic E-state index is 2.17. The Morgan fingerprint density at radius 1 is 0.938 bits per heavy atom. The van der Waals surface area contributed by atoms with Crippen molar-refractivity contribution in [3.8, 4) is 0 Å². The van der Waals surface area contributed by atoms with E-state index in [4.69, 9.17) is 0 Å². The lowest BCUT2D eigenvalue weighted by atomic mass is 10.0. The molecule has 0 saturated heterocycles. The van der Waals surface area contributed by atoms with E-state index in [1.54, 1.807) is 0 Å². The summed E-state index contributed by atoms with van der Waals surface area (Å²) < 4.78 is 0. The van der Waals surface area contributed by atoms with Crippen molar-refractivity contribution in [2.75, 3.05) is 0 Å². The minimum absolute atomic E-state index is 1.08. The lowest BCUT2D eigenvalue weighted by Crippen LogP contribution is -1.76. The van der Waals surface area contributed by atoms with Gasteiger partial charge >= 0.3 is 0 Å². The number of fused-ring (bicyclic) bond motifs is 1. The molecule has 0 amide bonds. The second-order valence-corrected chi connectivity index (χ2v) is 3.76. The molecule has 2 rings (SSSR count). The Hall–Kier alpha value is -1.82. The van der Waals surface area contributed by atoms with Crippen molar-refractivity contribution in [2.45, 2.75) is 13.3 Å². The molecule has 0 heterocycles. The lowest BCUT2D eigenvalue weighted by Gasteiger charge is -2.00. The van der Waals surface area contributed by atoms with Crippen molar-refractivity contribution in [1.29, 1.82) is 0 Å². The monoisotopic (exact) mass is 208 g/mol. The van der Waals surface area contributed by atoms with Gasteiger partial charge in [-0.15, -0.1) is 0 Å². The summed E-state index contributed by atoms with van der Waals surface area (Å²) in [6, 6.07) is 14.9. The average Bonchev–Trinajstić information content (AvgIpc) is 2.35. The van der Waals surface area contributed by atoms with Gasteiger partial charge in [-0.05, 0) is 22.8 Å². The van der Waals surface area contributed by atoms with E-state index in [0.717, 1.165) is 6.42 Å². The maximum Gasteiger partial charge on any atom is -0.0111 e. The molecular formula is C16H16. The fraction of sp³-hybridized carbons (Fsp3) is 0.125. The van der Waals surface area contributed by atoms with Crippen LogP contribution in [0.4, 0.5) is 0 Å². The van der Waals surface area contributed by atoms with Crippen molar-refractivity contribution >= 4 is 16.8 Å². The number of rotatable bonds is 3. The highest BCUT2D eigenvalue weighted by molar-refractivity contribution is 5.90. The zero-order valence-corrected chi connectivity index (χ0v) is 9.56. The number of allylic oxidation sites excluding steroid dienone is 3. The third-order valence-corrected chi connectivity index (χ3v) is 2.58. The molecule has 16 heavy (non-hydrogen) atoms.